The summed E-state index contributed by atoms with van der Waals surface area (Å²) in [4.78, 5) is 16.1. The molecule has 0 saturated heterocycles. The molecule has 0 saturated carbocycles. The first-order valence-corrected chi connectivity index (χ1v) is 5.99. The van der Waals surface area contributed by atoms with Crippen molar-refractivity contribution in [2.45, 2.75) is 6.54 Å². The molecule has 0 aromatic carbocycles. The van der Waals surface area contributed by atoms with Crippen LogP contribution >= 0.6 is 0 Å². The number of rotatable bonds is 3. The van der Waals surface area contributed by atoms with Gasteiger partial charge in [0.2, 0.25) is 0 Å². The van der Waals surface area contributed by atoms with Crippen molar-refractivity contribution in [2.24, 2.45) is 5.73 Å². The molecular formula is C14H13N5O. The Morgan fingerprint density at radius 2 is 2.25 bits per heavy atom. The first-order valence-electron chi connectivity index (χ1n) is 5.99. The molecule has 0 fully saturated rings. The molecular weight excluding hydrogens is 254 g/mol. The molecule has 0 radical (unpaired) electrons. The zero-order chi connectivity index (χ0) is 14.2. The highest BCUT2D eigenvalue weighted by atomic mass is 16.1. The van der Waals surface area contributed by atoms with Crippen molar-refractivity contribution in [2.75, 3.05) is 6.54 Å². The van der Waals surface area contributed by atoms with Crippen LogP contribution in [-0.2, 0) is 6.54 Å². The Balaban J connectivity index is 2.09. The predicted octanol–water partition coefficient (Wildman–Crippen LogP) is 0.112. The van der Waals surface area contributed by atoms with Gasteiger partial charge in [-0.05, 0) is 18.2 Å². The van der Waals surface area contributed by atoms with E-state index in [0.29, 0.717) is 23.4 Å². The van der Waals surface area contributed by atoms with Gasteiger partial charge in [0.1, 0.15) is 0 Å². The number of amides is 1. The van der Waals surface area contributed by atoms with Crippen LogP contribution in [0.15, 0.2) is 36.8 Å². The van der Waals surface area contributed by atoms with Gasteiger partial charge in [-0.1, -0.05) is 11.8 Å². The summed E-state index contributed by atoms with van der Waals surface area (Å²) < 4.78 is 0. The first-order chi connectivity index (χ1) is 9.81. The summed E-state index contributed by atoms with van der Waals surface area (Å²) in [6, 6.07) is 5.17. The molecule has 0 aliphatic heterocycles. The SMILES string of the molecule is NCC#Cc1cnccc1C(=O)NCc1cccnn1. The molecule has 0 atom stereocenters. The van der Waals surface area contributed by atoms with Gasteiger partial charge in [-0.25, -0.2) is 0 Å². The second kappa shape index (κ2) is 6.97. The van der Waals surface area contributed by atoms with Crippen molar-refractivity contribution in [3.05, 3.63) is 53.6 Å². The van der Waals surface area contributed by atoms with E-state index in [0.717, 1.165) is 0 Å². The van der Waals surface area contributed by atoms with E-state index in [-0.39, 0.29) is 12.5 Å². The van der Waals surface area contributed by atoms with Gasteiger partial charge >= 0.3 is 0 Å². The molecule has 20 heavy (non-hydrogen) atoms. The number of nitrogens with zero attached hydrogens (tertiary/aromatic N) is 3. The molecule has 2 aromatic heterocycles. The number of hydrogen-bond donors (Lipinski definition) is 2. The van der Waals surface area contributed by atoms with E-state index in [9.17, 15) is 4.79 Å². The molecule has 0 aliphatic rings. The highest BCUT2D eigenvalue weighted by molar-refractivity contribution is 5.96. The van der Waals surface area contributed by atoms with E-state index >= 15 is 0 Å². The zero-order valence-corrected chi connectivity index (χ0v) is 10.7. The third-order valence-electron chi connectivity index (χ3n) is 2.45. The van der Waals surface area contributed by atoms with Crippen LogP contribution in [0.1, 0.15) is 21.6 Å². The Morgan fingerprint density at radius 1 is 1.35 bits per heavy atom. The number of nitrogens with two attached hydrogens (primary N) is 1. The lowest BCUT2D eigenvalue weighted by molar-refractivity contribution is 0.0950. The van der Waals surface area contributed by atoms with Crippen molar-refractivity contribution in [1.82, 2.24) is 20.5 Å². The van der Waals surface area contributed by atoms with Gasteiger partial charge in [-0.15, -0.1) is 0 Å². The highest BCUT2D eigenvalue weighted by Gasteiger charge is 2.09. The third-order valence-corrected chi connectivity index (χ3v) is 2.45. The fourth-order valence-electron chi connectivity index (χ4n) is 1.53. The number of carbonyl (C=O) groups excluding carboxylic acids is 1. The van der Waals surface area contributed by atoms with Crippen LogP contribution in [0, 0.1) is 11.8 Å². The average molecular weight is 267 g/mol. The minimum atomic E-state index is -0.237. The Hall–Kier alpha value is -2.78. The highest BCUT2D eigenvalue weighted by Crippen LogP contribution is 2.05. The summed E-state index contributed by atoms with van der Waals surface area (Å²) in [7, 11) is 0. The number of aromatic nitrogens is 3. The lowest BCUT2D eigenvalue weighted by Crippen LogP contribution is -2.24. The van der Waals surface area contributed by atoms with Crippen LogP contribution in [0.25, 0.3) is 0 Å². The third kappa shape index (κ3) is 3.60. The summed E-state index contributed by atoms with van der Waals surface area (Å²) >= 11 is 0. The maximum atomic E-state index is 12.1. The van der Waals surface area contributed by atoms with Crippen molar-refractivity contribution in [3.8, 4) is 11.8 Å². The number of nitrogens with one attached hydrogen (secondary N) is 1. The minimum absolute atomic E-state index is 0.232. The van der Waals surface area contributed by atoms with Crippen LogP contribution in [0.5, 0.6) is 0 Å². The van der Waals surface area contributed by atoms with Crippen LogP contribution in [-0.4, -0.2) is 27.6 Å². The topological polar surface area (TPSA) is 93.8 Å². The smallest absolute Gasteiger partial charge is 0.252 e. The summed E-state index contributed by atoms with van der Waals surface area (Å²) in [5, 5.41) is 10.4. The van der Waals surface area contributed by atoms with Gasteiger partial charge in [-0.2, -0.15) is 10.2 Å². The van der Waals surface area contributed by atoms with Gasteiger partial charge in [0.15, 0.2) is 0 Å². The predicted molar refractivity (Wildman–Crippen MR) is 73.4 cm³/mol. The number of pyridine rings is 1. The largest absolute Gasteiger partial charge is 0.346 e. The molecule has 0 spiro atoms. The lowest BCUT2D eigenvalue weighted by atomic mass is 10.1. The van der Waals surface area contributed by atoms with Crippen LogP contribution in [0.2, 0.25) is 0 Å². The van der Waals surface area contributed by atoms with Gasteiger partial charge in [0.05, 0.1) is 29.9 Å². The summed E-state index contributed by atoms with van der Waals surface area (Å²) in [5.74, 6) is 5.30. The first kappa shape index (κ1) is 13.6. The molecule has 2 rings (SSSR count). The van der Waals surface area contributed by atoms with Crippen LogP contribution in [0.4, 0.5) is 0 Å². The normalized spacial score (nSPS) is 9.45. The molecule has 6 nitrogen and oxygen atoms in total. The van der Waals surface area contributed by atoms with E-state index in [2.05, 4.69) is 32.3 Å². The zero-order valence-electron chi connectivity index (χ0n) is 10.7. The molecule has 0 bridgehead atoms. The van der Waals surface area contributed by atoms with Crippen LogP contribution < -0.4 is 11.1 Å². The molecule has 6 heteroatoms. The van der Waals surface area contributed by atoms with E-state index in [1.54, 1.807) is 36.8 Å². The van der Waals surface area contributed by atoms with Gasteiger partial charge in [-0.3, -0.25) is 9.78 Å². The van der Waals surface area contributed by atoms with E-state index in [4.69, 9.17) is 5.73 Å². The monoisotopic (exact) mass is 267 g/mol. The Bertz CT molecular complexity index is 645. The van der Waals surface area contributed by atoms with E-state index in [1.807, 2.05) is 0 Å². The maximum Gasteiger partial charge on any atom is 0.252 e. The quantitative estimate of drug-likeness (QED) is 0.770. The summed E-state index contributed by atoms with van der Waals surface area (Å²) in [5.41, 5.74) is 7.03. The molecule has 2 heterocycles. The minimum Gasteiger partial charge on any atom is -0.346 e. The lowest BCUT2D eigenvalue weighted by Gasteiger charge is -2.05. The number of carbonyl (C=O) groups is 1. The molecule has 0 aliphatic carbocycles. The Labute approximate surface area is 116 Å². The van der Waals surface area contributed by atoms with E-state index < -0.39 is 0 Å². The summed E-state index contributed by atoms with van der Waals surface area (Å²) in [6.07, 6.45) is 4.67. The van der Waals surface area contributed by atoms with Crippen molar-refractivity contribution in [1.29, 1.82) is 0 Å². The molecule has 0 unspecified atom stereocenters. The van der Waals surface area contributed by atoms with Crippen molar-refractivity contribution >= 4 is 5.91 Å². The molecule has 2 aromatic rings. The maximum absolute atomic E-state index is 12.1. The van der Waals surface area contributed by atoms with Crippen molar-refractivity contribution < 1.29 is 4.79 Å². The van der Waals surface area contributed by atoms with Crippen LogP contribution in [0.3, 0.4) is 0 Å². The van der Waals surface area contributed by atoms with Gasteiger partial charge in [0.25, 0.3) is 5.91 Å². The Kier molecular flexibility index (Phi) is 4.76. The molecule has 100 valence electrons. The number of hydrogen-bond acceptors (Lipinski definition) is 5. The van der Waals surface area contributed by atoms with Gasteiger partial charge < -0.3 is 11.1 Å². The fourth-order valence-corrected chi connectivity index (χ4v) is 1.53. The molecule has 3 N–H and O–H groups in total. The van der Waals surface area contributed by atoms with Crippen molar-refractivity contribution in [3.63, 3.8) is 0 Å². The molecule has 1 amide bonds. The summed E-state index contributed by atoms with van der Waals surface area (Å²) in [6.45, 7) is 0.536. The van der Waals surface area contributed by atoms with Gasteiger partial charge in [0, 0.05) is 18.6 Å². The standard InChI is InChI=1S/C14H13N5O/c15-6-1-3-11-9-16-8-5-13(11)14(20)17-10-12-4-2-7-18-19-12/h2,4-5,7-9H,6,10,15H2,(H,17,20). The fraction of sp³-hybridized carbons (Fsp3) is 0.143. The Morgan fingerprint density at radius 3 is 3.00 bits per heavy atom. The van der Waals surface area contributed by atoms with E-state index in [1.165, 1.54) is 0 Å². The second-order valence-corrected chi connectivity index (χ2v) is 3.82. The second-order valence-electron chi connectivity index (χ2n) is 3.82. The average Bonchev–Trinajstić information content (AvgIpc) is 2.52.